The molecule has 0 unspecified atom stereocenters. The summed E-state index contributed by atoms with van der Waals surface area (Å²) in [4.78, 5) is 40.9. The van der Waals surface area contributed by atoms with E-state index in [2.05, 4.69) is 0 Å². The number of rotatable bonds is 4. The number of carbonyl (C=O) groups excluding carboxylic acids is 3. The number of hydrogen-bond donors (Lipinski definition) is 0. The molecule has 0 spiro atoms. The van der Waals surface area contributed by atoms with Gasteiger partial charge in [-0.2, -0.15) is 0 Å². The fourth-order valence-electron chi connectivity index (χ4n) is 3.50. The van der Waals surface area contributed by atoms with Crippen LogP contribution in [0.2, 0.25) is 0 Å². The zero-order valence-corrected chi connectivity index (χ0v) is 14.7. The molecule has 1 aromatic carbocycles. The molecule has 0 saturated carbocycles. The van der Waals surface area contributed by atoms with Gasteiger partial charge in [0.15, 0.2) is 0 Å². The zero-order valence-electron chi connectivity index (χ0n) is 14.7. The Morgan fingerprint density at radius 2 is 1.92 bits per heavy atom. The standard InChI is InChI=1S/C19H22N2O4/c1-4-9-20-11-16(22)21-15(18(20)23)10-14(19(24)25-3)17(21)13-7-5-12(2)6-8-13/h5-8,10,15,17H,4,9,11H2,1-3H3/t15-,17-/m1/s1. The minimum absolute atomic E-state index is 0.0494. The van der Waals surface area contributed by atoms with Gasteiger partial charge in [0, 0.05) is 6.54 Å². The summed E-state index contributed by atoms with van der Waals surface area (Å²) in [6.45, 7) is 4.51. The van der Waals surface area contributed by atoms with E-state index in [9.17, 15) is 14.4 Å². The average Bonchev–Trinajstić information content (AvgIpc) is 3.01. The van der Waals surface area contributed by atoms with E-state index in [0.29, 0.717) is 12.1 Å². The van der Waals surface area contributed by atoms with Crippen LogP contribution in [0.1, 0.15) is 30.5 Å². The Hall–Kier alpha value is -2.63. The number of piperazine rings is 1. The van der Waals surface area contributed by atoms with Gasteiger partial charge in [0.05, 0.1) is 25.3 Å². The molecule has 0 radical (unpaired) electrons. The molecule has 132 valence electrons. The van der Waals surface area contributed by atoms with Crippen LogP contribution in [-0.2, 0) is 19.1 Å². The number of carbonyl (C=O) groups is 3. The highest BCUT2D eigenvalue weighted by Gasteiger charge is 2.49. The normalized spacial score (nSPS) is 22.8. The van der Waals surface area contributed by atoms with Crippen molar-refractivity contribution >= 4 is 17.8 Å². The molecule has 2 atom stereocenters. The number of nitrogens with zero attached hydrogens (tertiary/aromatic N) is 2. The molecule has 2 amide bonds. The van der Waals surface area contributed by atoms with E-state index in [1.54, 1.807) is 11.0 Å². The molecular weight excluding hydrogens is 320 g/mol. The van der Waals surface area contributed by atoms with Crippen molar-refractivity contribution in [2.24, 2.45) is 0 Å². The van der Waals surface area contributed by atoms with Crippen LogP contribution in [0.25, 0.3) is 0 Å². The maximum Gasteiger partial charge on any atom is 0.335 e. The maximum atomic E-state index is 12.8. The second-order valence-electron chi connectivity index (χ2n) is 6.43. The molecule has 1 saturated heterocycles. The lowest BCUT2D eigenvalue weighted by Gasteiger charge is -2.39. The molecule has 3 rings (SSSR count). The van der Waals surface area contributed by atoms with Crippen molar-refractivity contribution in [1.29, 1.82) is 0 Å². The van der Waals surface area contributed by atoms with Gasteiger partial charge < -0.3 is 14.5 Å². The molecule has 0 N–H and O–H groups in total. The van der Waals surface area contributed by atoms with Gasteiger partial charge in [-0.25, -0.2) is 4.79 Å². The molecule has 6 nitrogen and oxygen atoms in total. The number of amides is 2. The fourth-order valence-corrected chi connectivity index (χ4v) is 3.50. The van der Waals surface area contributed by atoms with Crippen LogP contribution in [-0.4, -0.2) is 53.8 Å². The van der Waals surface area contributed by atoms with Crippen LogP contribution >= 0.6 is 0 Å². The lowest BCUT2D eigenvalue weighted by Crippen LogP contribution is -2.58. The van der Waals surface area contributed by atoms with Crippen LogP contribution in [0.5, 0.6) is 0 Å². The third-order valence-corrected chi connectivity index (χ3v) is 4.70. The molecule has 0 aliphatic carbocycles. The van der Waals surface area contributed by atoms with Crippen LogP contribution in [0, 0.1) is 6.92 Å². The van der Waals surface area contributed by atoms with E-state index in [4.69, 9.17) is 4.74 Å². The van der Waals surface area contributed by atoms with Gasteiger partial charge in [-0.05, 0) is 25.0 Å². The summed E-state index contributed by atoms with van der Waals surface area (Å²) in [5.74, 6) is -0.807. The molecule has 1 fully saturated rings. The Bertz CT molecular complexity index is 738. The minimum atomic E-state index is -0.742. The third kappa shape index (κ3) is 2.92. The smallest absolute Gasteiger partial charge is 0.335 e. The van der Waals surface area contributed by atoms with Crippen LogP contribution in [0.15, 0.2) is 35.9 Å². The minimum Gasteiger partial charge on any atom is -0.466 e. The first-order valence-electron chi connectivity index (χ1n) is 8.44. The number of hydrogen-bond acceptors (Lipinski definition) is 4. The van der Waals surface area contributed by atoms with E-state index in [1.165, 1.54) is 12.0 Å². The monoisotopic (exact) mass is 342 g/mol. The predicted octanol–water partition coefficient (Wildman–Crippen LogP) is 1.60. The number of esters is 1. The number of ether oxygens (including phenoxy) is 1. The average molecular weight is 342 g/mol. The second kappa shape index (κ2) is 6.70. The number of fused-ring (bicyclic) bond motifs is 1. The number of methoxy groups -OCH3 is 1. The molecular formula is C19H22N2O4. The van der Waals surface area contributed by atoms with Crippen molar-refractivity contribution in [2.75, 3.05) is 20.2 Å². The lowest BCUT2D eigenvalue weighted by atomic mass is 9.98. The van der Waals surface area contributed by atoms with Gasteiger partial charge in [-0.15, -0.1) is 0 Å². The zero-order chi connectivity index (χ0) is 18.1. The van der Waals surface area contributed by atoms with Gasteiger partial charge in [-0.3, -0.25) is 9.59 Å². The molecule has 2 aliphatic rings. The third-order valence-electron chi connectivity index (χ3n) is 4.70. The lowest BCUT2D eigenvalue weighted by molar-refractivity contribution is -0.154. The molecule has 0 aromatic heterocycles. The van der Waals surface area contributed by atoms with Crippen molar-refractivity contribution in [3.63, 3.8) is 0 Å². The number of aryl methyl sites for hydroxylation is 1. The van der Waals surface area contributed by atoms with Crippen molar-refractivity contribution in [2.45, 2.75) is 32.4 Å². The summed E-state index contributed by atoms with van der Waals surface area (Å²) >= 11 is 0. The van der Waals surface area contributed by atoms with E-state index in [1.807, 2.05) is 38.1 Å². The first-order valence-corrected chi connectivity index (χ1v) is 8.44. The highest BCUT2D eigenvalue weighted by molar-refractivity contribution is 6.02. The van der Waals surface area contributed by atoms with Crippen molar-refractivity contribution in [3.8, 4) is 0 Å². The van der Waals surface area contributed by atoms with Gasteiger partial charge >= 0.3 is 5.97 Å². The molecule has 1 aromatic rings. The molecule has 6 heteroatoms. The summed E-state index contributed by atoms with van der Waals surface area (Å²) in [6, 6.07) is 6.30. The maximum absolute atomic E-state index is 12.8. The van der Waals surface area contributed by atoms with Crippen molar-refractivity contribution in [1.82, 2.24) is 9.80 Å². The Balaban J connectivity index is 2.03. The van der Waals surface area contributed by atoms with Crippen LogP contribution in [0.4, 0.5) is 0 Å². The Morgan fingerprint density at radius 3 is 2.52 bits per heavy atom. The highest BCUT2D eigenvalue weighted by atomic mass is 16.5. The quantitative estimate of drug-likeness (QED) is 0.780. The molecule has 2 heterocycles. The summed E-state index contributed by atoms with van der Waals surface area (Å²) in [5, 5.41) is 0. The van der Waals surface area contributed by atoms with Crippen molar-refractivity contribution < 1.29 is 19.1 Å². The van der Waals surface area contributed by atoms with E-state index < -0.39 is 18.1 Å². The summed E-state index contributed by atoms with van der Waals surface area (Å²) in [6.07, 6.45) is 2.36. The van der Waals surface area contributed by atoms with Gasteiger partial charge in [0.25, 0.3) is 0 Å². The number of benzene rings is 1. The first kappa shape index (κ1) is 17.2. The molecule has 25 heavy (non-hydrogen) atoms. The molecule has 0 bridgehead atoms. The Kier molecular flexibility index (Phi) is 4.61. The van der Waals surface area contributed by atoms with E-state index in [0.717, 1.165) is 17.5 Å². The SMILES string of the molecule is CCCN1CC(=O)N2[C@H](C=C(C(=O)OC)[C@H]2c2ccc(C)cc2)C1=O. The Labute approximate surface area is 147 Å². The Morgan fingerprint density at radius 1 is 1.24 bits per heavy atom. The van der Waals surface area contributed by atoms with Gasteiger partial charge in [0.2, 0.25) is 11.8 Å². The van der Waals surface area contributed by atoms with Gasteiger partial charge in [-0.1, -0.05) is 36.8 Å². The van der Waals surface area contributed by atoms with Gasteiger partial charge in [0.1, 0.15) is 6.04 Å². The summed E-state index contributed by atoms with van der Waals surface area (Å²) in [7, 11) is 1.31. The largest absolute Gasteiger partial charge is 0.466 e. The van der Waals surface area contributed by atoms with E-state index >= 15 is 0 Å². The van der Waals surface area contributed by atoms with Crippen molar-refractivity contribution in [3.05, 3.63) is 47.0 Å². The second-order valence-corrected chi connectivity index (χ2v) is 6.43. The van der Waals surface area contributed by atoms with Crippen LogP contribution < -0.4 is 0 Å². The predicted molar refractivity (Wildman–Crippen MR) is 91.5 cm³/mol. The topological polar surface area (TPSA) is 66.9 Å². The summed E-state index contributed by atoms with van der Waals surface area (Å²) in [5.41, 5.74) is 2.23. The highest BCUT2D eigenvalue weighted by Crippen LogP contribution is 2.39. The summed E-state index contributed by atoms with van der Waals surface area (Å²) < 4.78 is 4.89. The first-order chi connectivity index (χ1) is 12.0. The van der Waals surface area contributed by atoms with E-state index in [-0.39, 0.29) is 18.4 Å². The van der Waals surface area contributed by atoms with Crippen LogP contribution in [0.3, 0.4) is 0 Å². The fraction of sp³-hybridized carbons (Fsp3) is 0.421. The molecule has 2 aliphatic heterocycles.